The number of carbonyl (C=O) groups is 2. The van der Waals surface area contributed by atoms with Crippen molar-refractivity contribution in [3.63, 3.8) is 0 Å². The maximum absolute atomic E-state index is 12.1. The van der Waals surface area contributed by atoms with Gasteiger partial charge in [-0.25, -0.2) is 4.79 Å². The van der Waals surface area contributed by atoms with Gasteiger partial charge in [0, 0.05) is 31.8 Å². The van der Waals surface area contributed by atoms with E-state index in [0.717, 1.165) is 25.0 Å². The normalized spacial score (nSPS) is 13.5. The van der Waals surface area contributed by atoms with Crippen molar-refractivity contribution in [2.75, 3.05) is 25.6 Å². The fraction of sp³-hybridized carbons (Fsp3) is 0.867. The smallest absolute Gasteiger partial charge is 0.317 e. The summed E-state index contributed by atoms with van der Waals surface area (Å²) in [7, 11) is 1.83. The number of carbonyl (C=O) groups excluding carboxylic acids is 1. The number of hydrogen-bond donors (Lipinski definition) is 2. The SMILES string of the molecule is CCC(CCNC(=O)N(C)C(CC)CSC)CCC(=O)O. The van der Waals surface area contributed by atoms with Crippen LogP contribution in [0.1, 0.15) is 46.0 Å². The van der Waals surface area contributed by atoms with Crippen molar-refractivity contribution in [3.05, 3.63) is 0 Å². The van der Waals surface area contributed by atoms with E-state index in [1.807, 2.05) is 13.3 Å². The van der Waals surface area contributed by atoms with Gasteiger partial charge in [-0.1, -0.05) is 20.3 Å². The number of carboxylic acid groups (broad SMARTS) is 1. The third-order valence-electron chi connectivity index (χ3n) is 3.87. The van der Waals surface area contributed by atoms with E-state index in [4.69, 9.17) is 5.11 Å². The van der Waals surface area contributed by atoms with Gasteiger partial charge in [0.15, 0.2) is 0 Å². The number of rotatable bonds is 11. The van der Waals surface area contributed by atoms with Gasteiger partial charge in [-0.2, -0.15) is 11.8 Å². The van der Waals surface area contributed by atoms with Gasteiger partial charge in [0.05, 0.1) is 0 Å². The molecule has 0 aromatic rings. The Hall–Kier alpha value is -0.910. The monoisotopic (exact) mass is 318 g/mol. The second-order valence-electron chi connectivity index (χ2n) is 5.36. The van der Waals surface area contributed by atoms with Crippen molar-refractivity contribution in [2.24, 2.45) is 5.92 Å². The molecule has 2 N–H and O–H groups in total. The average molecular weight is 318 g/mol. The zero-order chi connectivity index (χ0) is 16.3. The molecule has 0 aliphatic carbocycles. The van der Waals surface area contributed by atoms with Crippen molar-refractivity contribution in [3.8, 4) is 0 Å². The first kappa shape index (κ1) is 20.1. The Bertz CT molecular complexity index is 313. The molecule has 0 saturated heterocycles. The first-order valence-corrected chi connectivity index (χ1v) is 9.06. The van der Waals surface area contributed by atoms with Gasteiger partial charge in [0.1, 0.15) is 0 Å². The van der Waals surface area contributed by atoms with Crippen LogP contribution in [0.25, 0.3) is 0 Å². The highest BCUT2D eigenvalue weighted by atomic mass is 32.2. The van der Waals surface area contributed by atoms with Crippen molar-refractivity contribution >= 4 is 23.8 Å². The summed E-state index contributed by atoms with van der Waals surface area (Å²) in [6, 6.07) is 0.220. The molecule has 0 spiro atoms. The molecule has 0 radical (unpaired) electrons. The molecule has 124 valence electrons. The molecule has 2 amide bonds. The number of hydrogen-bond acceptors (Lipinski definition) is 3. The van der Waals surface area contributed by atoms with Crippen LogP contribution in [-0.4, -0.2) is 53.6 Å². The predicted octanol–water partition coefficient (Wildman–Crippen LogP) is 3.05. The van der Waals surface area contributed by atoms with Crippen molar-refractivity contribution in [2.45, 2.75) is 52.0 Å². The summed E-state index contributed by atoms with van der Waals surface area (Å²) < 4.78 is 0. The minimum absolute atomic E-state index is 0.0380. The maximum atomic E-state index is 12.1. The van der Waals surface area contributed by atoms with E-state index in [1.54, 1.807) is 16.7 Å². The van der Waals surface area contributed by atoms with Gasteiger partial charge in [-0.3, -0.25) is 4.79 Å². The van der Waals surface area contributed by atoms with Crippen LogP contribution in [0.2, 0.25) is 0 Å². The molecule has 2 unspecified atom stereocenters. The van der Waals surface area contributed by atoms with Crippen LogP contribution >= 0.6 is 11.8 Å². The highest BCUT2D eigenvalue weighted by Crippen LogP contribution is 2.15. The molecule has 0 aliphatic heterocycles. The molecule has 2 atom stereocenters. The summed E-state index contributed by atoms with van der Waals surface area (Å²) in [5.74, 6) is 0.552. The molecule has 5 nitrogen and oxygen atoms in total. The number of carboxylic acids is 1. The third-order valence-corrected chi connectivity index (χ3v) is 4.59. The van der Waals surface area contributed by atoms with Crippen molar-refractivity contribution in [1.29, 1.82) is 0 Å². The number of thioether (sulfide) groups is 1. The van der Waals surface area contributed by atoms with E-state index in [-0.39, 0.29) is 18.5 Å². The van der Waals surface area contributed by atoms with Gasteiger partial charge in [-0.05, 0) is 31.4 Å². The largest absolute Gasteiger partial charge is 0.481 e. The first-order chi connectivity index (χ1) is 9.96. The Kier molecular flexibility index (Phi) is 11.2. The Morgan fingerprint density at radius 1 is 1.24 bits per heavy atom. The second-order valence-corrected chi connectivity index (χ2v) is 6.27. The van der Waals surface area contributed by atoms with Crippen LogP contribution in [0, 0.1) is 5.92 Å². The van der Waals surface area contributed by atoms with E-state index in [2.05, 4.69) is 19.2 Å². The molecular weight excluding hydrogens is 288 g/mol. The molecule has 0 fully saturated rings. The summed E-state index contributed by atoms with van der Waals surface area (Å²) in [6.07, 6.45) is 5.66. The standard InChI is InChI=1S/C15H30N2O3S/c1-5-12(7-8-14(18)19)9-10-16-15(20)17(3)13(6-2)11-21-4/h12-13H,5-11H2,1-4H3,(H,16,20)(H,18,19). The Balaban J connectivity index is 4.07. The third kappa shape index (κ3) is 8.86. The minimum Gasteiger partial charge on any atom is -0.481 e. The van der Waals surface area contributed by atoms with Crippen LogP contribution in [0.4, 0.5) is 4.79 Å². The Morgan fingerprint density at radius 3 is 2.38 bits per heavy atom. The summed E-state index contributed by atoms with van der Waals surface area (Å²) in [6.45, 7) is 4.76. The number of nitrogens with zero attached hydrogens (tertiary/aromatic N) is 1. The van der Waals surface area contributed by atoms with E-state index in [1.165, 1.54) is 0 Å². The van der Waals surface area contributed by atoms with Gasteiger partial charge in [0.25, 0.3) is 0 Å². The summed E-state index contributed by atoms with van der Waals surface area (Å²) in [4.78, 5) is 24.4. The van der Waals surface area contributed by atoms with Crippen LogP contribution < -0.4 is 5.32 Å². The lowest BCUT2D eigenvalue weighted by atomic mass is 9.97. The van der Waals surface area contributed by atoms with Crippen LogP contribution in [-0.2, 0) is 4.79 Å². The zero-order valence-electron chi connectivity index (χ0n) is 13.7. The lowest BCUT2D eigenvalue weighted by Crippen LogP contribution is -2.45. The average Bonchev–Trinajstić information content (AvgIpc) is 2.46. The second kappa shape index (κ2) is 11.7. The fourth-order valence-corrected chi connectivity index (χ4v) is 3.09. The Morgan fingerprint density at radius 2 is 1.90 bits per heavy atom. The van der Waals surface area contributed by atoms with Gasteiger partial charge >= 0.3 is 12.0 Å². The van der Waals surface area contributed by atoms with E-state index in [0.29, 0.717) is 18.9 Å². The lowest BCUT2D eigenvalue weighted by molar-refractivity contribution is -0.137. The van der Waals surface area contributed by atoms with Gasteiger partial charge < -0.3 is 15.3 Å². The topological polar surface area (TPSA) is 69.6 Å². The van der Waals surface area contributed by atoms with Crippen LogP contribution in [0.15, 0.2) is 0 Å². The number of aliphatic carboxylic acids is 1. The first-order valence-electron chi connectivity index (χ1n) is 7.67. The van der Waals surface area contributed by atoms with E-state index in [9.17, 15) is 9.59 Å². The van der Waals surface area contributed by atoms with Crippen LogP contribution in [0.5, 0.6) is 0 Å². The molecule has 0 heterocycles. The molecular formula is C15H30N2O3S. The molecule has 0 rings (SSSR count). The lowest BCUT2D eigenvalue weighted by Gasteiger charge is -2.27. The molecule has 0 saturated carbocycles. The highest BCUT2D eigenvalue weighted by Gasteiger charge is 2.17. The molecule has 0 aromatic heterocycles. The Labute approximate surface area is 132 Å². The van der Waals surface area contributed by atoms with E-state index >= 15 is 0 Å². The molecule has 0 aromatic carbocycles. The summed E-state index contributed by atoms with van der Waals surface area (Å²) >= 11 is 1.74. The van der Waals surface area contributed by atoms with Gasteiger partial charge in [-0.15, -0.1) is 0 Å². The molecule has 0 bridgehead atoms. The summed E-state index contributed by atoms with van der Waals surface area (Å²) in [5.41, 5.74) is 0. The number of urea groups is 1. The molecule has 0 aliphatic rings. The zero-order valence-corrected chi connectivity index (χ0v) is 14.5. The maximum Gasteiger partial charge on any atom is 0.317 e. The highest BCUT2D eigenvalue weighted by molar-refractivity contribution is 7.98. The predicted molar refractivity (Wildman–Crippen MR) is 88.9 cm³/mol. The van der Waals surface area contributed by atoms with Crippen LogP contribution in [0.3, 0.4) is 0 Å². The van der Waals surface area contributed by atoms with Crippen molar-refractivity contribution < 1.29 is 14.7 Å². The van der Waals surface area contributed by atoms with Gasteiger partial charge in [0.2, 0.25) is 0 Å². The quantitative estimate of drug-likeness (QED) is 0.614. The molecule has 21 heavy (non-hydrogen) atoms. The fourth-order valence-electron chi connectivity index (χ4n) is 2.25. The van der Waals surface area contributed by atoms with Crippen molar-refractivity contribution in [1.82, 2.24) is 10.2 Å². The number of nitrogens with one attached hydrogen (secondary N) is 1. The number of amides is 2. The van der Waals surface area contributed by atoms with E-state index < -0.39 is 5.97 Å². The summed E-state index contributed by atoms with van der Waals surface area (Å²) in [5, 5.41) is 11.6. The molecule has 6 heteroatoms. The minimum atomic E-state index is -0.750.